The summed E-state index contributed by atoms with van der Waals surface area (Å²) in [5.74, 6) is 0.200. The van der Waals surface area contributed by atoms with Crippen LogP contribution in [-0.4, -0.2) is 18.8 Å². The summed E-state index contributed by atoms with van der Waals surface area (Å²) >= 11 is 0. The van der Waals surface area contributed by atoms with Crippen LogP contribution in [0.2, 0.25) is 0 Å². The molecule has 0 spiro atoms. The second kappa shape index (κ2) is 7.37. The summed E-state index contributed by atoms with van der Waals surface area (Å²) in [5, 5.41) is 9.19. The standard InChI is InChI=1S/C11H16O2/c1-4-6-10(5-2)7-8-11(12)9-13-3/h4-5,7-8,12H,1-2,6,9H2,3H3/b10-7+,11-8+. The molecule has 0 heterocycles. The number of allylic oxidation sites excluding steroid dienone is 5. The maximum atomic E-state index is 9.19. The van der Waals surface area contributed by atoms with Gasteiger partial charge >= 0.3 is 0 Å². The van der Waals surface area contributed by atoms with Crippen LogP contribution in [0.1, 0.15) is 6.42 Å². The molecule has 0 bridgehead atoms. The number of rotatable bonds is 6. The molecule has 2 heteroatoms. The summed E-state index contributed by atoms with van der Waals surface area (Å²) in [6.07, 6.45) is 7.67. The predicted molar refractivity (Wildman–Crippen MR) is 55.7 cm³/mol. The normalized spacial score (nSPS) is 12.7. The molecule has 0 rings (SSSR count). The topological polar surface area (TPSA) is 29.5 Å². The van der Waals surface area contributed by atoms with E-state index in [1.54, 1.807) is 24.3 Å². The van der Waals surface area contributed by atoms with Gasteiger partial charge in [-0.15, -0.1) is 6.58 Å². The summed E-state index contributed by atoms with van der Waals surface area (Å²) in [6.45, 7) is 7.49. The zero-order valence-corrected chi connectivity index (χ0v) is 7.99. The zero-order chi connectivity index (χ0) is 10.1. The molecule has 0 radical (unpaired) electrons. The minimum absolute atomic E-state index is 0.200. The summed E-state index contributed by atoms with van der Waals surface area (Å²) in [7, 11) is 1.53. The lowest BCUT2D eigenvalue weighted by molar-refractivity contribution is 0.183. The first-order valence-electron chi connectivity index (χ1n) is 4.05. The van der Waals surface area contributed by atoms with E-state index < -0.39 is 0 Å². The van der Waals surface area contributed by atoms with Gasteiger partial charge in [0.25, 0.3) is 0 Å². The Kier molecular flexibility index (Phi) is 6.65. The van der Waals surface area contributed by atoms with Crippen molar-refractivity contribution in [3.63, 3.8) is 0 Å². The van der Waals surface area contributed by atoms with Gasteiger partial charge in [-0.1, -0.05) is 24.8 Å². The van der Waals surface area contributed by atoms with E-state index in [0.717, 1.165) is 12.0 Å². The summed E-state index contributed by atoms with van der Waals surface area (Å²) in [5.41, 5.74) is 1.01. The van der Waals surface area contributed by atoms with E-state index in [2.05, 4.69) is 13.2 Å². The van der Waals surface area contributed by atoms with E-state index in [9.17, 15) is 5.11 Å². The fourth-order valence-electron chi connectivity index (χ4n) is 0.785. The average Bonchev–Trinajstić information content (AvgIpc) is 2.12. The number of aliphatic hydroxyl groups excluding tert-OH is 1. The number of hydrogen-bond donors (Lipinski definition) is 1. The van der Waals surface area contributed by atoms with Gasteiger partial charge in [0.1, 0.15) is 12.4 Å². The number of aliphatic hydroxyl groups is 1. The first kappa shape index (κ1) is 11.7. The van der Waals surface area contributed by atoms with Crippen LogP contribution in [0.15, 0.2) is 48.8 Å². The van der Waals surface area contributed by atoms with Gasteiger partial charge in [-0.3, -0.25) is 0 Å². The Hall–Kier alpha value is -1.28. The highest BCUT2D eigenvalue weighted by Gasteiger charge is 1.89. The fraction of sp³-hybridized carbons (Fsp3) is 0.273. The largest absolute Gasteiger partial charge is 0.510 e. The summed E-state index contributed by atoms with van der Waals surface area (Å²) in [4.78, 5) is 0. The molecule has 0 atom stereocenters. The Morgan fingerprint density at radius 2 is 2.08 bits per heavy atom. The predicted octanol–water partition coefficient (Wildman–Crippen LogP) is 2.76. The van der Waals surface area contributed by atoms with Crippen LogP contribution in [0.5, 0.6) is 0 Å². The molecule has 0 aromatic rings. The van der Waals surface area contributed by atoms with Crippen molar-refractivity contribution < 1.29 is 9.84 Å². The summed E-state index contributed by atoms with van der Waals surface area (Å²) < 4.78 is 4.74. The molecule has 0 aromatic carbocycles. The molecule has 0 aliphatic rings. The fourth-order valence-corrected chi connectivity index (χ4v) is 0.785. The Balaban J connectivity index is 4.25. The van der Waals surface area contributed by atoms with Crippen molar-refractivity contribution in [3.8, 4) is 0 Å². The Morgan fingerprint density at radius 3 is 2.54 bits per heavy atom. The van der Waals surface area contributed by atoms with E-state index in [0.29, 0.717) is 0 Å². The lowest BCUT2D eigenvalue weighted by Gasteiger charge is -1.96. The third-order valence-corrected chi connectivity index (χ3v) is 1.42. The molecule has 0 aliphatic carbocycles. The molecule has 72 valence electrons. The van der Waals surface area contributed by atoms with Crippen LogP contribution in [0.4, 0.5) is 0 Å². The molecule has 0 amide bonds. The van der Waals surface area contributed by atoms with Crippen molar-refractivity contribution in [2.24, 2.45) is 0 Å². The van der Waals surface area contributed by atoms with E-state index >= 15 is 0 Å². The SMILES string of the molecule is C=CC/C(C=C)=C/C=C(/O)COC. The van der Waals surface area contributed by atoms with Crippen molar-refractivity contribution in [1.82, 2.24) is 0 Å². The van der Waals surface area contributed by atoms with Gasteiger partial charge in [-0.25, -0.2) is 0 Å². The van der Waals surface area contributed by atoms with Crippen LogP contribution in [0.25, 0.3) is 0 Å². The van der Waals surface area contributed by atoms with Crippen LogP contribution in [0.3, 0.4) is 0 Å². The van der Waals surface area contributed by atoms with E-state index in [4.69, 9.17) is 4.74 Å². The van der Waals surface area contributed by atoms with Gasteiger partial charge in [-0.05, 0) is 18.1 Å². The van der Waals surface area contributed by atoms with Gasteiger partial charge in [-0.2, -0.15) is 0 Å². The molecule has 1 N–H and O–H groups in total. The van der Waals surface area contributed by atoms with E-state index in [1.807, 2.05) is 0 Å². The molecule has 0 aromatic heterocycles. The quantitative estimate of drug-likeness (QED) is 0.387. The van der Waals surface area contributed by atoms with Gasteiger partial charge in [0, 0.05) is 7.11 Å². The van der Waals surface area contributed by atoms with E-state index in [1.165, 1.54) is 7.11 Å². The average molecular weight is 180 g/mol. The van der Waals surface area contributed by atoms with Crippen molar-refractivity contribution in [2.45, 2.75) is 6.42 Å². The Morgan fingerprint density at radius 1 is 1.38 bits per heavy atom. The minimum Gasteiger partial charge on any atom is -0.510 e. The molecule has 0 saturated carbocycles. The maximum Gasteiger partial charge on any atom is 0.118 e. The third kappa shape index (κ3) is 5.93. The zero-order valence-electron chi connectivity index (χ0n) is 7.99. The monoisotopic (exact) mass is 180 g/mol. The Bertz CT molecular complexity index is 224. The highest BCUT2D eigenvalue weighted by molar-refractivity contribution is 5.24. The number of methoxy groups -OCH3 is 1. The molecule has 0 saturated heterocycles. The first-order chi connectivity index (χ1) is 6.24. The minimum atomic E-state index is 0.200. The van der Waals surface area contributed by atoms with Gasteiger partial charge in [0.2, 0.25) is 0 Å². The van der Waals surface area contributed by atoms with Crippen molar-refractivity contribution in [3.05, 3.63) is 48.8 Å². The lowest BCUT2D eigenvalue weighted by atomic mass is 10.1. The lowest BCUT2D eigenvalue weighted by Crippen LogP contribution is -1.91. The molecule has 0 fully saturated rings. The van der Waals surface area contributed by atoms with E-state index in [-0.39, 0.29) is 12.4 Å². The van der Waals surface area contributed by atoms with Crippen molar-refractivity contribution in [2.75, 3.05) is 13.7 Å². The van der Waals surface area contributed by atoms with Crippen LogP contribution < -0.4 is 0 Å². The van der Waals surface area contributed by atoms with Gasteiger partial charge < -0.3 is 9.84 Å². The molecule has 0 unspecified atom stereocenters. The van der Waals surface area contributed by atoms with Crippen LogP contribution in [-0.2, 0) is 4.74 Å². The van der Waals surface area contributed by atoms with Crippen molar-refractivity contribution in [1.29, 1.82) is 0 Å². The number of ether oxygens (including phenoxy) is 1. The Labute approximate surface area is 79.5 Å². The second-order valence-corrected chi connectivity index (χ2v) is 2.53. The second-order valence-electron chi connectivity index (χ2n) is 2.53. The molecule has 13 heavy (non-hydrogen) atoms. The van der Waals surface area contributed by atoms with Crippen molar-refractivity contribution >= 4 is 0 Å². The highest BCUT2D eigenvalue weighted by atomic mass is 16.5. The molecule has 2 nitrogen and oxygen atoms in total. The number of hydrogen-bond acceptors (Lipinski definition) is 2. The smallest absolute Gasteiger partial charge is 0.118 e. The van der Waals surface area contributed by atoms with Crippen LogP contribution in [0, 0.1) is 0 Å². The summed E-state index contributed by atoms with van der Waals surface area (Å²) in [6, 6.07) is 0. The van der Waals surface area contributed by atoms with Gasteiger partial charge in [0.05, 0.1) is 0 Å². The molecule has 0 aliphatic heterocycles. The van der Waals surface area contributed by atoms with Crippen LogP contribution >= 0.6 is 0 Å². The van der Waals surface area contributed by atoms with Gasteiger partial charge in [0.15, 0.2) is 0 Å². The third-order valence-electron chi connectivity index (χ3n) is 1.42. The first-order valence-corrected chi connectivity index (χ1v) is 4.05. The molecular weight excluding hydrogens is 164 g/mol. The maximum absolute atomic E-state index is 9.19. The molecular formula is C11H16O2. The highest BCUT2D eigenvalue weighted by Crippen LogP contribution is 2.04.